The lowest BCUT2D eigenvalue weighted by atomic mass is 10.1. The number of rotatable bonds is 5. The van der Waals surface area contributed by atoms with Crippen molar-refractivity contribution in [3.63, 3.8) is 0 Å². The Bertz CT molecular complexity index is 985. The molecule has 7 heteroatoms. The van der Waals surface area contributed by atoms with E-state index in [9.17, 15) is 4.79 Å². The van der Waals surface area contributed by atoms with Crippen LogP contribution in [0.25, 0.3) is 11.3 Å². The molecule has 0 atom stereocenters. The van der Waals surface area contributed by atoms with Crippen LogP contribution in [-0.4, -0.2) is 37.5 Å². The number of nitrogens with zero attached hydrogens (tertiary/aromatic N) is 5. The van der Waals surface area contributed by atoms with Gasteiger partial charge in [-0.25, -0.2) is 9.97 Å². The van der Waals surface area contributed by atoms with Crippen LogP contribution in [0.1, 0.15) is 41.3 Å². The van der Waals surface area contributed by atoms with Gasteiger partial charge in [0.15, 0.2) is 0 Å². The summed E-state index contributed by atoms with van der Waals surface area (Å²) in [6, 6.07) is 11.3. The highest BCUT2D eigenvalue weighted by Crippen LogP contribution is 2.24. The lowest BCUT2D eigenvalue weighted by Crippen LogP contribution is -2.25. The van der Waals surface area contributed by atoms with E-state index in [1.54, 1.807) is 4.90 Å². The number of hydrogen-bond acceptors (Lipinski definition) is 6. The van der Waals surface area contributed by atoms with Crippen molar-refractivity contribution < 1.29 is 4.79 Å². The van der Waals surface area contributed by atoms with E-state index in [-0.39, 0.29) is 5.91 Å². The van der Waals surface area contributed by atoms with Gasteiger partial charge in [-0.05, 0) is 31.2 Å². The van der Waals surface area contributed by atoms with Crippen molar-refractivity contribution in [3.05, 3.63) is 65.2 Å². The van der Waals surface area contributed by atoms with Crippen molar-refractivity contribution >= 4 is 11.7 Å². The summed E-state index contributed by atoms with van der Waals surface area (Å²) in [7, 11) is 0. The molecule has 0 aliphatic carbocycles. The molecule has 4 rings (SSSR count). The molecular weight excluding hydrogens is 352 g/mol. The Morgan fingerprint density at radius 2 is 1.89 bits per heavy atom. The second-order valence-corrected chi connectivity index (χ2v) is 6.68. The first-order valence-electron chi connectivity index (χ1n) is 9.49. The lowest BCUT2D eigenvalue weighted by Gasteiger charge is -2.15. The molecule has 1 amide bonds. The SMILES string of the molecule is CCNc1ccc(-c2ccc(C(=O)N3Cc4cnc(CC)nc4C3)cc2)nn1. The Morgan fingerprint density at radius 3 is 2.57 bits per heavy atom. The standard InChI is InChI=1S/C21H22N6O/c1-3-19-23-11-16-12-27(13-18(16)24-19)21(28)15-7-5-14(6-8-15)17-9-10-20(22-4-2)26-25-17/h5-11H,3-4,12-13H2,1-2H3,(H,22,26). The summed E-state index contributed by atoms with van der Waals surface area (Å²) in [5.74, 6) is 1.57. The maximum absolute atomic E-state index is 12.9. The number of benzene rings is 1. The molecule has 1 N–H and O–H groups in total. The maximum Gasteiger partial charge on any atom is 0.254 e. The molecule has 0 unspecified atom stereocenters. The summed E-state index contributed by atoms with van der Waals surface area (Å²) in [6.07, 6.45) is 2.63. The van der Waals surface area contributed by atoms with Gasteiger partial charge in [0.1, 0.15) is 11.6 Å². The average Bonchev–Trinajstić information content (AvgIpc) is 3.17. The normalized spacial score (nSPS) is 12.7. The van der Waals surface area contributed by atoms with Gasteiger partial charge in [-0.3, -0.25) is 4.79 Å². The fraction of sp³-hybridized carbons (Fsp3) is 0.286. The van der Waals surface area contributed by atoms with E-state index in [4.69, 9.17) is 0 Å². The largest absolute Gasteiger partial charge is 0.369 e. The molecule has 0 saturated carbocycles. The predicted octanol–water partition coefficient (Wildman–Crippen LogP) is 3.08. The van der Waals surface area contributed by atoms with Crippen molar-refractivity contribution in [2.75, 3.05) is 11.9 Å². The van der Waals surface area contributed by atoms with Crippen LogP contribution in [0.4, 0.5) is 5.82 Å². The van der Waals surface area contributed by atoms with Gasteiger partial charge in [-0.15, -0.1) is 10.2 Å². The van der Waals surface area contributed by atoms with Crippen LogP contribution in [0.3, 0.4) is 0 Å². The Morgan fingerprint density at radius 1 is 1.07 bits per heavy atom. The molecule has 0 saturated heterocycles. The fourth-order valence-corrected chi connectivity index (χ4v) is 3.24. The Kier molecular flexibility index (Phi) is 4.97. The zero-order valence-electron chi connectivity index (χ0n) is 16.0. The third-order valence-electron chi connectivity index (χ3n) is 4.76. The number of hydrogen-bond donors (Lipinski definition) is 1. The molecule has 0 fully saturated rings. The van der Waals surface area contributed by atoms with Crippen LogP contribution < -0.4 is 5.32 Å². The van der Waals surface area contributed by atoms with Gasteiger partial charge in [-0.2, -0.15) is 0 Å². The summed E-state index contributed by atoms with van der Waals surface area (Å²) in [6.45, 7) is 5.93. The van der Waals surface area contributed by atoms with E-state index in [0.717, 1.165) is 47.1 Å². The van der Waals surface area contributed by atoms with Crippen LogP contribution in [0.15, 0.2) is 42.6 Å². The first-order chi connectivity index (χ1) is 13.7. The van der Waals surface area contributed by atoms with Crippen LogP contribution in [-0.2, 0) is 19.5 Å². The number of nitrogens with one attached hydrogen (secondary N) is 1. The van der Waals surface area contributed by atoms with Crippen LogP contribution in [0.2, 0.25) is 0 Å². The molecule has 1 aliphatic heterocycles. The first kappa shape index (κ1) is 18.0. The minimum absolute atomic E-state index is 0.00354. The fourth-order valence-electron chi connectivity index (χ4n) is 3.24. The Labute approximate surface area is 163 Å². The number of carbonyl (C=O) groups excluding carboxylic acids is 1. The smallest absolute Gasteiger partial charge is 0.254 e. The van der Waals surface area contributed by atoms with Crippen molar-refractivity contribution in [3.8, 4) is 11.3 Å². The average molecular weight is 374 g/mol. The third kappa shape index (κ3) is 3.55. The van der Waals surface area contributed by atoms with Crippen LogP contribution >= 0.6 is 0 Å². The third-order valence-corrected chi connectivity index (χ3v) is 4.76. The minimum Gasteiger partial charge on any atom is -0.369 e. The molecule has 0 spiro atoms. The minimum atomic E-state index is -0.00354. The van der Waals surface area contributed by atoms with Gasteiger partial charge >= 0.3 is 0 Å². The molecule has 0 radical (unpaired) electrons. The van der Waals surface area contributed by atoms with Crippen molar-refractivity contribution in [2.24, 2.45) is 0 Å². The molecule has 1 aliphatic rings. The van der Waals surface area contributed by atoms with E-state index in [1.165, 1.54) is 0 Å². The quantitative estimate of drug-likeness (QED) is 0.739. The second kappa shape index (κ2) is 7.72. The monoisotopic (exact) mass is 374 g/mol. The van der Waals surface area contributed by atoms with Crippen LogP contribution in [0, 0.1) is 0 Å². The molecule has 142 valence electrons. The van der Waals surface area contributed by atoms with E-state index >= 15 is 0 Å². The van der Waals surface area contributed by atoms with Gasteiger partial charge in [-0.1, -0.05) is 19.1 Å². The molecule has 1 aromatic carbocycles. The number of carbonyl (C=O) groups is 1. The Balaban J connectivity index is 1.47. The topological polar surface area (TPSA) is 83.9 Å². The van der Waals surface area contributed by atoms with Gasteiger partial charge in [0, 0.05) is 42.4 Å². The molecular formula is C21H22N6O. The van der Waals surface area contributed by atoms with Gasteiger partial charge in [0.2, 0.25) is 0 Å². The summed E-state index contributed by atoms with van der Waals surface area (Å²) in [4.78, 5) is 23.6. The zero-order valence-corrected chi connectivity index (χ0v) is 16.0. The number of fused-ring (bicyclic) bond motifs is 1. The van der Waals surface area contributed by atoms with Gasteiger partial charge in [0.05, 0.1) is 17.9 Å². The van der Waals surface area contributed by atoms with E-state index < -0.39 is 0 Å². The molecule has 0 bridgehead atoms. The molecule has 28 heavy (non-hydrogen) atoms. The zero-order chi connectivity index (χ0) is 19.5. The van der Waals surface area contributed by atoms with Gasteiger partial charge in [0.25, 0.3) is 5.91 Å². The van der Waals surface area contributed by atoms with Gasteiger partial charge < -0.3 is 10.2 Å². The summed E-state index contributed by atoms with van der Waals surface area (Å²) in [5, 5.41) is 11.5. The van der Waals surface area contributed by atoms with E-state index in [1.807, 2.05) is 56.4 Å². The summed E-state index contributed by atoms with van der Waals surface area (Å²) >= 11 is 0. The molecule has 2 aromatic heterocycles. The number of anilines is 1. The molecule has 3 heterocycles. The highest BCUT2D eigenvalue weighted by atomic mass is 16.2. The number of aryl methyl sites for hydroxylation is 1. The lowest BCUT2D eigenvalue weighted by molar-refractivity contribution is 0.0750. The van der Waals surface area contributed by atoms with Crippen molar-refractivity contribution in [1.82, 2.24) is 25.1 Å². The van der Waals surface area contributed by atoms with E-state index in [2.05, 4.69) is 25.5 Å². The maximum atomic E-state index is 12.9. The van der Waals surface area contributed by atoms with Crippen LogP contribution in [0.5, 0.6) is 0 Å². The summed E-state index contributed by atoms with van der Waals surface area (Å²) in [5.41, 5.74) is 4.33. The number of amides is 1. The molecule has 3 aromatic rings. The van der Waals surface area contributed by atoms with Crippen molar-refractivity contribution in [2.45, 2.75) is 33.4 Å². The highest BCUT2D eigenvalue weighted by Gasteiger charge is 2.26. The number of aromatic nitrogens is 4. The Hall–Kier alpha value is -3.35. The highest BCUT2D eigenvalue weighted by molar-refractivity contribution is 5.95. The van der Waals surface area contributed by atoms with E-state index in [0.29, 0.717) is 18.7 Å². The predicted molar refractivity (Wildman–Crippen MR) is 107 cm³/mol. The first-order valence-corrected chi connectivity index (χ1v) is 9.49. The molecule has 7 nitrogen and oxygen atoms in total. The second-order valence-electron chi connectivity index (χ2n) is 6.68. The summed E-state index contributed by atoms with van der Waals surface area (Å²) < 4.78 is 0. The van der Waals surface area contributed by atoms with Crippen molar-refractivity contribution in [1.29, 1.82) is 0 Å².